The van der Waals surface area contributed by atoms with E-state index in [4.69, 9.17) is 14.9 Å². The summed E-state index contributed by atoms with van der Waals surface area (Å²) >= 11 is 0. The van der Waals surface area contributed by atoms with Gasteiger partial charge in [-0.2, -0.15) is 0 Å². The molecule has 0 aliphatic carbocycles. The number of pyridine rings is 1. The highest BCUT2D eigenvalue weighted by molar-refractivity contribution is 5.20. The Kier molecular flexibility index (Phi) is 5.06. The van der Waals surface area contributed by atoms with Gasteiger partial charge in [-0.1, -0.05) is 13.8 Å². The first kappa shape index (κ1) is 14.5. The van der Waals surface area contributed by atoms with E-state index in [2.05, 4.69) is 22.1 Å². The van der Waals surface area contributed by atoms with Crippen LogP contribution in [-0.4, -0.2) is 21.2 Å². The molecule has 0 saturated carbocycles. The number of rotatable bonds is 7. The lowest BCUT2D eigenvalue weighted by molar-refractivity contribution is 0.258. The van der Waals surface area contributed by atoms with Crippen molar-refractivity contribution in [1.29, 1.82) is 0 Å². The third-order valence-electron chi connectivity index (χ3n) is 2.97. The fourth-order valence-electron chi connectivity index (χ4n) is 1.66. The standard InChI is InChI=1S/C14H20N4O2/c1-3-10(15)7-11-5-6-12(8-16-11)19-9-14-18-17-13(4-2)20-14/h5-6,8,10H,3-4,7,9,15H2,1-2H3. The fourth-order valence-corrected chi connectivity index (χ4v) is 1.66. The minimum atomic E-state index is 0.153. The molecule has 0 radical (unpaired) electrons. The SMILES string of the molecule is CCc1nnc(COc2ccc(CC(N)CC)nc2)o1. The second-order valence-corrected chi connectivity index (χ2v) is 4.59. The third kappa shape index (κ3) is 4.03. The van der Waals surface area contributed by atoms with Crippen LogP contribution < -0.4 is 10.5 Å². The van der Waals surface area contributed by atoms with E-state index >= 15 is 0 Å². The molecule has 2 aromatic rings. The summed E-state index contributed by atoms with van der Waals surface area (Å²) in [5.74, 6) is 1.76. The lowest BCUT2D eigenvalue weighted by Gasteiger charge is -2.08. The van der Waals surface area contributed by atoms with Crippen molar-refractivity contribution in [3.63, 3.8) is 0 Å². The van der Waals surface area contributed by atoms with Gasteiger partial charge in [-0.05, 0) is 18.6 Å². The van der Waals surface area contributed by atoms with Crippen LogP contribution >= 0.6 is 0 Å². The van der Waals surface area contributed by atoms with E-state index in [1.54, 1.807) is 6.20 Å². The maximum atomic E-state index is 5.89. The van der Waals surface area contributed by atoms with Crippen molar-refractivity contribution in [1.82, 2.24) is 15.2 Å². The van der Waals surface area contributed by atoms with Crippen molar-refractivity contribution in [2.75, 3.05) is 0 Å². The molecule has 6 heteroatoms. The van der Waals surface area contributed by atoms with Gasteiger partial charge >= 0.3 is 0 Å². The number of aryl methyl sites for hydroxylation is 1. The molecule has 1 atom stereocenters. The third-order valence-corrected chi connectivity index (χ3v) is 2.97. The molecule has 0 aliphatic heterocycles. The van der Waals surface area contributed by atoms with Gasteiger partial charge in [0, 0.05) is 24.6 Å². The summed E-state index contributed by atoms with van der Waals surface area (Å²) in [7, 11) is 0. The van der Waals surface area contributed by atoms with Gasteiger partial charge in [0.25, 0.3) is 5.89 Å². The Balaban J connectivity index is 1.87. The Hall–Kier alpha value is -1.95. The van der Waals surface area contributed by atoms with Gasteiger partial charge in [0.1, 0.15) is 5.75 Å². The van der Waals surface area contributed by atoms with Gasteiger partial charge in [0.2, 0.25) is 5.89 Å². The second-order valence-electron chi connectivity index (χ2n) is 4.59. The maximum Gasteiger partial charge on any atom is 0.253 e. The van der Waals surface area contributed by atoms with E-state index in [1.807, 2.05) is 19.1 Å². The number of aromatic nitrogens is 3. The Labute approximate surface area is 118 Å². The zero-order valence-corrected chi connectivity index (χ0v) is 11.9. The number of ether oxygens (including phenoxy) is 1. The van der Waals surface area contributed by atoms with Gasteiger partial charge in [-0.25, -0.2) is 0 Å². The average Bonchev–Trinajstić information content (AvgIpc) is 2.94. The molecule has 0 aromatic carbocycles. The monoisotopic (exact) mass is 276 g/mol. The van der Waals surface area contributed by atoms with E-state index in [-0.39, 0.29) is 12.6 Å². The van der Waals surface area contributed by atoms with Gasteiger partial charge in [0.05, 0.1) is 6.20 Å². The van der Waals surface area contributed by atoms with E-state index in [9.17, 15) is 0 Å². The van der Waals surface area contributed by atoms with Gasteiger partial charge in [-0.3, -0.25) is 4.98 Å². The highest BCUT2D eigenvalue weighted by Gasteiger charge is 2.06. The summed E-state index contributed by atoms with van der Waals surface area (Å²) in [6, 6.07) is 3.96. The molecule has 0 amide bonds. The summed E-state index contributed by atoms with van der Waals surface area (Å²) in [6.07, 6.45) is 4.13. The average molecular weight is 276 g/mol. The van der Waals surface area contributed by atoms with Crippen LogP contribution in [0.3, 0.4) is 0 Å². The number of hydrogen-bond donors (Lipinski definition) is 1. The van der Waals surface area contributed by atoms with Gasteiger partial charge < -0.3 is 14.9 Å². The first-order valence-electron chi connectivity index (χ1n) is 6.85. The van der Waals surface area contributed by atoms with Gasteiger partial charge in [-0.15, -0.1) is 10.2 Å². The van der Waals surface area contributed by atoms with Crippen LogP contribution in [-0.2, 0) is 19.4 Å². The van der Waals surface area contributed by atoms with Crippen molar-refractivity contribution >= 4 is 0 Å². The van der Waals surface area contributed by atoms with E-state index < -0.39 is 0 Å². The normalized spacial score (nSPS) is 12.3. The summed E-state index contributed by atoms with van der Waals surface area (Å²) in [5, 5.41) is 7.77. The first-order chi connectivity index (χ1) is 9.71. The largest absolute Gasteiger partial charge is 0.482 e. The van der Waals surface area contributed by atoms with E-state index in [0.29, 0.717) is 17.5 Å². The topological polar surface area (TPSA) is 87.1 Å². The second kappa shape index (κ2) is 7.00. The van der Waals surface area contributed by atoms with E-state index in [1.165, 1.54) is 0 Å². The Morgan fingerprint density at radius 3 is 2.65 bits per heavy atom. The van der Waals surface area contributed by atoms with Crippen LogP contribution in [0, 0.1) is 0 Å². The molecule has 0 aliphatic rings. The lowest BCUT2D eigenvalue weighted by atomic mass is 10.1. The smallest absolute Gasteiger partial charge is 0.253 e. The highest BCUT2D eigenvalue weighted by Crippen LogP contribution is 2.12. The summed E-state index contributed by atoms with van der Waals surface area (Å²) < 4.78 is 10.9. The molecule has 2 aromatic heterocycles. The number of nitrogens with zero attached hydrogens (tertiary/aromatic N) is 3. The van der Waals surface area contributed by atoms with Crippen LogP contribution in [0.15, 0.2) is 22.7 Å². The zero-order valence-electron chi connectivity index (χ0n) is 11.9. The molecule has 6 nitrogen and oxygen atoms in total. The minimum Gasteiger partial charge on any atom is -0.482 e. The number of hydrogen-bond acceptors (Lipinski definition) is 6. The minimum absolute atomic E-state index is 0.153. The molecule has 0 spiro atoms. The van der Waals surface area contributed by atoms with Crippen LogP contribution in [0.1, 0.15) is 37.7 Å². The quantitative estimate of drug-likeness (QED) is 0.831. The lowest BCUT2D eigenvalue weighted by Crippen LogP contribution is -2.21. The van der Waals surface area contributed by atoms with E-state index in [0.717, 1.165) is 25.0 Å². The molecule has 108 valence electrons. The van der Waals surface area contributed by atoms with Crippen LogP contribution in [0.4, 0.5) is 0 Å². The molecule has 2 N–H and O–H groups in total. The summed E-state index contributed by atoms with van der Waals surface area (Å²) in [6.45, 7) is 4.28. The summed E-state index contributed by atoms with van der Waals surface area (Å²) in [4.78, 5) is 4.33. The number of nitrogens with two attached hydrogens (primary N) is 1. The highest BCUT2D eigenvalue weighted by atomic mass is 16.5. The molecule has 0 saturated heterocycles. The van der Waals surface area contributed by atoms with Crippen molar-refractivity contribution < 1.29 is 9.15 Å². The van der Waals surface area contributed by atoms with Crippen LogP contribution in [0.25, 0.3) is 0 Å². The van der Waals surface area contributed by atoms with Crippen molar-refractivity contribution in [2.24, 2.45) is 5.73 Å². The van der Waals surface area contributed by atoms with Crippen molar-refractivity contribution in [3.8, 4) is 5.75 Å². The molecular formula is C14H20N4O2. The molecule has 20 heavy (non-hydrogen) atoms. The Bertz CT molecular complexity index is 524. The summed E-state index contributed by atoms with van der Waals surface area (Å²) in [5.41, 5.74) is 6.86. The molecule has 2 rings (SSSR count). The Morgan fingerprint density at radius 1 is 1.25 bits per heavy atom. The maximum absolute atomic E-state index is 5.89. The van der Waals surface area contributed by atoms with Crippen molar-refractivity contribution in [2.45, 2.75) is 45.8 Å². The molecule has 2 heterocycles. The van der Waals surface area contributed by atoms with Gasteiger partial charge in [0.15, 0.2) is 6.61 Å². The molecule has 0 bridgehead atoms. The first-order valence-corrected chi connectivity index (χ1v) is 6.85. The predicted octanol–water partition coefficient (Wildman–Crippen LogP) is 1.89. The fraction of sp³-hybridized carbons (Fsp3) is 0.500. The zero-order chi connectivity index (χ0) is 14.4. The van der Waals surface area contributed by atoms with Crippen LogP contribution in [0.2, 0.25) is 0 Å². The molecule has 0 fully saturated rings. The van der Waals surface area contributed by atoms with Crippen molar-refractivity contribution in [3.05, 3.63) is 35.8 Å². The Morgan fingerprint density at radius 2 is 2.05 bits per heavy atom. The molecular weight excluding hydrogens is 256 g/mol. The van der Waals surface area contributed by atoms with Crippen LogP contribution in [0.5, 0.6) is 5.75 Å². The molecule has 1 unspecified atom stereocenters. The predicted molar refractivity (Wildman–Crippen MR) is 74.2 cm³/mol.